The van der Waals surface area contributed by atoms with Gasteiger partial charge in [-0.3, -0.25) is 4.72 Å². The number of hydrogen-bond donors (Lipinski definition) is 1. The first-order valence-electron chi connectivity index (χ1n) is 5.83. The van der Waals surface area contributed by atoms with Crippen molar-refractivity contribution < 1.29 is 13.2 Å². The molecule has 0 aliphatic rings. The number of methoxy groups -OCH3 is 1. The Labute approximate surface area is 140 Å². The average Bonchev–Trinajstić information content (AvgIpc) is 2.42. The van der Waals surface area contributed by atoms with Crippen molar-refractivity contribution in [3.63, 3.8) is 0 Å². The van der Waals surface area contributed by atoms with E-state index in [1.54, 1.807) is 25.1 Å². The summed E-state index contributed by atoms with van der Waals surface area (Å²) in [5.41, 5.74) is 0.700. The van der Waals surface area contributed by atoms with Gasteiger partial charge in [0, 0.05) is 4.47 Å². The Morgan fingerprint density at radius 3 is 2.43 bits per heavy atom. The zero-order valence-corrected chi connectivity index (χ0v) is 15.2. The molecule has 112 valence electrons. The summed E-state index contributed by atoms with van der Waals surface area (Å²) in [6.45, 7) is 1.78. The molecule has 0 bridgehead atoms. The van der Waals surface area contributed by atoms with Crippen LogP contribution >= 0.6 is 31.9 Å². The summed E-state index contributed by atoms with van der Waals surface area (Å²) < 4.78 is 33.6. The maximum absolute atomic E-state index is 12.3. The minimum Gasteiger partial charge on any atom is -0.496 e. The molecule has 0 saturated carbocycles. The van der Waals surface area contributed by atoms with Crippen LogP contribution in [0.5, 0.6) is 5.75 Å². The highest BCUT2D eigenvalue weighted by Gasteiger charge is 2.17. The highest BCUT2D eigenvalue weighted by atomic mass is 79.9. The van der Waals surface area contributed by atoms with Gasteiger partial charge in [-0.25, -0.2) is 13.4 Å². The van der Waals surface area contributed by atoms with Gasteiger partial charge in [0.15, 0.2) is 0 Å². The summed E-state index contributed by atoms with van der Waals surface area (Å²) in [5.74, 6) is 0.828. The largest absolute Gasteiger partial charge is 0.496 e. The smallest absolute Gasteiger partial charge is 0.263 e. The van der Waals surface area contributed by atoms with Gasteiger partial charge in [-0.15, -0.1) is 0 Å². The first-order chi connectivity index (χ1) is 9.83. The van der Waals surface area contributed by atoms with E-state index in [2.05, 4.69) is 41.6 Å². The van der Waals surface area contributed by atoms with Crippen LogP contribution < -0.4 is 9.46 Å². The van der Waals surface area contributed by atoms with E-state index < -0.39 is 10.0 Å². The Balaban J connectivity index is 2.33. The quantitative estimate of drug-likeness (QED) is 0.794. The molecular weight excluding hydrogens is 424 g/mol. The number of ether oxygens (including phenoxy) is 1. The van der Waals surface area contributed by atoms with Gasteiger partial charge in [-0.2, -0.15) is 0 Å². The lowest BCUT2D eigenvalue weighted by molar-refractivity contribution is 0.411. The second kappa shape index (κ2) is 6.33. The summed E-state index contributed by atoms with van der Waals surface area (Å²) >= 11 is 6.59. The van der Waals surface area contributed by atoms with Crippen molar-refractivity contribution in [2.75, 3.05) is 11.8 Å². The van der Waals surface area contributed by atoms with Crippen LogP contribution in [0.25, 0.3) is 0 Å². The van der Waals surface area contributed by atoms with Crippen LogP contribution in [-0.2, 0) is 10.0 Å². The first kappa shape index (κ1) is 16.3. The van der Waals surface area contributed by atoms with Crippen molar-refractivity contribution in [2.24, 2.45) is 0 Å². The van der Waals surface area contributed by atoms with Crippen LogP contribution in [0.15, 0.2) is 44.2 Å². The van der Waals surface area contributed by atoms with Gasteiger partial charge in [0.05, 0.1) is 22.2 Å². The molecule has 0 radical (unpaired) electrons. The molecule has 0 spiro atoms. The van der Waals surface area contributed by atoms with E-state index in [0.29, 0.717) is 15.9 Å². The van der Waals surface area contributed by atoms with E-state index in [1.165, 1.54) is 19.2 Å². The molecule has 0 unspecified atom stereocenters. The number of nitrogens with zero attached hydrogens (tertiary/aromatic N) is 1. The minimum atomic E-state index is -3.70. The maximum Gasteiger partial charge on any atom is 0.263 e. The molecule has 0 fully saturated rings. The van der Waals surface area contributed by atoms with Crippen molar-refractivity contribution in [2.45, 2.75) is 11.8 Å². The molecule has 0 aliphatic carbocycles. The molecule has 2 aromatic rings. The third kappa shape index (κ3) is 3.75. The molecule has 1 N–H and O–H groups in total. The molecular formula is C13H12Br2N2O3S. The van der Waals surface area contributed by atoms with Gasteiger partial charge in [0.25, 0.3) is 10.0 Å². The molecule has 2 rings (SSSR count). The average molecular weight is 436 g/mol. The summed E-state index contributed by atoms with van der Waals surface area (Å²) in [5, 5.41) is 0. The van der Waals surface area contributed by atoms with E-state index in [-0.39, 0.29) is 10.7 Å². The number of hydrogen-bond acceptors (Lipinski definition) is 4. The number of rotatable bonds is 4. The number of anilines is 1. The van der Waals surface area contributed by atoms with E-state index in [0.717, 1.165) is 4.47 Å². The van der Waals surface area contributed by atoms with Gasteiger partial charge in [0.2, 0.25) is 0 Å². The third-order valence-corrected chi connectivity index (χ3v) is 5.50. The van der Waals surface area contributed by atoms with Gasteiger partial charge >= 0.3 is 0 Å². The monoisotopic (exact) mass is 434 g/mol. The summed E-state index contributed by atoms with van der Waals surface area (Å²) in [4.78, 5) is 4.29. The van der Waals surface area contributed by atoms with Crippen molar-refractivity contribution in [1.82, 2.24) is 4.98 Å². The number of pyridine rings is 1. The summed E-state index contributed by atoms with van der Waals surface area (Å²) in [6.07, 6.45) is 0. The lowest BCUT2D eigenvalue weighted by atomic mass is 10.3. The van der Waals surface area contributed by atoms with Gasteiger partial charge in [0.1, 0.15) is 11.6 Å². The van der Waals surface area contributed by atoms with Crippen molar-refractivity contribution in [3.8, 4) is 5.75 Å². The van der Waals surface area contributed by atoms with Gasteiger partial charge < -0.3 is 4.74 Å². The van der Waals surface area contributed by atoms with Crippen LogP contribution in [0.1, 0.15) is 5.69 Å². The fraction of sp³-hybridized carbons (Fsp3) is 0.154. The van der Waals surface area contributed by atoms with Crippen molar-refractivity contribution in [1.29, 1.82) is 0 Å². The SMILES string of the molecule is COc1ccc(S(=O)(=O)Nc2ccc(Br)c(C)n2)cc1Br. The van der Waals surface area contributed by atoms with Crippen LogP contribution in [0.3, 0.4) is 0 Å². The molecule has 1 heterocycles. The van der Waals surface area contributed by atoms with Crippen LogP contribution in [0.2, 0.25) is 0 Å². The predicted octanol–water partition coefficient (Wildman–Crippen LogP) is 3.72. The fourth-order valence-electron chi connectivity index (χ4n) is 1.61. The Morgan fingerprint density at radius 2 is 1.86 bits per heavy atom. The highest BCUT2D eigenvalue weighted by molar-refractivity contribution is 9.10. The maximum atomic E-state index is 12.3. The Hall–Kier alpha value is -1.12. The Kier molecular flexibility index (Phi) is 4.90. The molecule has 0 saturated heterocycles. The van der Waals surface area contributed by atoms with Crippen LogP contribution in [-0.4, -0.2) is 20.5 Å². The standard InChI is InChI=1S/C13H12Br2N2O3S/c1-8-10(14)4-6-13(16-8)17-21(18,19)9-3-5-12(20-2)11(15)7-9/h3-7H,1-2H3,(H,16,17). The number of halogens is 2. The zero-order chi connectivity index (χ0) is 15.6. The van der Waals surface area contributed by atoms with Crippen molar-refractivity contribution in [3.05, 3.63) is 45.0 Å². The van der Waals surface area contributed by atoms with E-state index in [4.69, 9.17) is 4.74 Å². The number of aromatic nitrogens is 1. The zero-order valence-electron chi connectivity index (χ0n) is 11.2. The lowest BCUT2D eigenvalue weighted by Gasteiger charge is -2.10. The van der Waals surface area contributed by atoms with Crippen LogP contribution in [0, 0.1) is 6.92 Å². The second-order valence-corrected chi connectivity index (χ2v) is 7.56. The third-order valence-electron chi connectivity index (χ3n) is 2.69. The molecule has 0 atom stereocenters. The molecule has 1 aromatic carbocycles. The van der Waals surface area contributed by atoms with Crippen LogP contribution in [0.4, 0.5) is 5.82 Å². The Morgan fingerprint density at radius 1 is 1.14 bits per heavy atom. The number of nitrogens with one attached hydrogen (secondary N) is 1. The van der Waals surface area contributed by atoms with Gasteiger partial charge in [-0.1, -0.05) is 0 Å². The van der Waals surface area contributed by atoms with Gasteiger partial charge in [-0.05, 0) is 69.1 Å². The highest BCUT2D eigenvalue weighted by Crippen LogP contribution is 2.28. The van der Waals surface area contributed by atoms with E-state index in [9.17, 15) is 8.42 Å². The summed E-state index contributed by atoms with van der Waals surface area (Å²) in [7, 11) is -2.19. The normalized spacial score (nSPS) is 11.2. The van der Waals surface area contributed by atoms with Crippen molar-refractivity contribution >= 4 is 47.7 Å². The number of sulfonamides is 1. The molecule has 0 amide bonds. The lowest BCUT2D eigenvalue weighted by Crippen LogP contribution is -2.14. The minimum absolute atomic E-state index is 0.123. The predicted molar refractivity (Wildman–Crippen MR) is 88.2 cm³/mol. The number of aryl methyl sites for hydroxylation is 1. The molecule has 1 aromatic heterocycles. The molecule has 21 heavy (non-hydrogen) atoms. The topological polar surface area (TPSA) is 68.3 Å². The van der Waals surface area contributed by atoms with E-state index in [1.807, 2.05) is 0 Å². The molecule has 8 heteroatoms. The molecule has 5 nitrogen and oxygen atoms in total. The Bertz CT molecular complexity index is 779. The summed E-state index contributed by atoms with van der Waals surface area (Å²) in [6, 6.07) is 7.86. The molecule has 0 aliphatic heterocycles. The second-order valence-electron chi connectivity index (χ2n) is 4.17. The van der Waals surface area contributed by atoms with E-state index >= 15 is 0 Å². The fourth-order valence-corrected chi connectivity index (χ4v) is 3.55. The number of benzene rings is 1. The first-order valence-corrected chi connectivity index (χ1v) is 8.90.